The molecule has 7 aliphatic carbocycles. The van der Waals surface area contributed by atoms with Crippen LogP contribution in [-0.2, 0) is 23.9 Å². The normalized spacial score (nSPS) is 53.1. The Kier molecular flexibility index (Phi) is 3.78. The molecule has 0 amide bonds. The van der Waals surface area contributed by atoms with Crippen molar-refractivity contribution in [2.24, 2.45) is 52.3 Å². The van der Waals surface area contributed by atoms with Crippen LogP contribution in [0.3, 0.4) is 0 Å². The van der Waals surface area contributed by atoms with E-state index in [2.05, 4.69) is 13.5 Å². The number of Topliss-reactive ketones (excluding diaryl/α,β-unsaturated/α-hetero) is 1. The van der Waals surface area contributed by atoms with Crippen LogP contribution in [-0.4, -0.2) is 41.6 Å². The van der Waals surface area contributed by atoms with Crippen molar-refractivity contribution in [3.05, 3.63) is 45.6 Å². The van der Waals surface area contributed by atoms with Gasteiger partial charge in [0.15, 0.2) is 5.78 Å². The van der Waals surface area contributed by atoms with Crippen LogP contribution in [0.25, 0.3) is 0 Å². The van der Waals surface area contributed by atoms with E-state index < -0.39 is 34.8 Å². The Hall–Kier alpha value is -2.47. The van der Waals surface area contributed by atoms with Crippen molar-refractivity contribution < 1.29 is 29.0 Å². The van der Waals surface area contributed by atoms with E-state index in [0.29, 0.717) is 35.3 Å². The maximum atomic E-state index is 14.1. The molecule has 0 aromatic heterocycles. The fourth-order valence-electron chi connectivity index (χ4n) is 11.0. The second-order valence-electron chi connectivity index (χ2n) is 13.6. The molecule has 8 rings (SSSR count). The molecule has 1 heterocycles. The Labute approximate surface area is 216 Å². The molecule has 5 saturated carbocycles. The average molecular weight is 503 g/mol. The molecule has 6 nitrogen and oxygen atoms in total. The van der Waals surface area contributed by atoms with Crippen LogP contribution in [0.1, 0.15) is 53.4 Å². The fraction of sp³-hybridized carbons (Fsp3) is 0.645. The first kappa shape index (κ1) is 22.5. The molecule has 8 aliphatic rings. The summed E-state index contributed by atoms with van der Waals surface area (Å²) in [6, 6.07) is 0. The standard InChI is InChI=1S/C31H34O6/c1-11-14-7-19(14)29(4)17(11)10-18-12(2)28(35)37-31(18)21(29)9-16-15-8-20(15)30(5)23(16)24(31)22(25(32)26(30)33)13(3)27(34)36-6/h14-15,17,19-21,24,26,33H,1,7-10H2,2-6H3/b22-13-/t14-,15+,17-,19-,20+,21-,24-,26-,29+,30-,31-/m0/s1. The molecule has 1 N–H and O–H groups in total. The Morgan fingerprint density at radius 2 is 1.84 bits per heavy atom. The Morgan fingerprint density at radius 1 is 1.14 bits per heavy atom. The van der Waals surface area contributed by atoms with Crippen molar-refractivity contribution in [1.29, 1.82) is 0 Å². The van der Waals surface area contributed by atoms with Gasteiger partial charge in [-0.1, -0.05) is 31.6 Å². The van der Waals surface area contributed by atoms with Gasteiger partial charge in [0.25, 0.3) is 0 Å². The smallest absolute Gasteiger partial charge is 0.334 e. The summed E-state index contributed by atoms with van der Waals surface area (Å²) in [5.74, 6) is 0.0426. The molecule has 0 radical (unpaired) electrons. The molecule has 6 heteroatoms. The molecular formula is C31H34O6. The quantitative estimate of drug-likeness (QED) is 0.333. The molecule has 5 fully saturated rings. The second kappa shape index (κ2) is 6.22. The van der Waals surface area contributed by atoms with Crippen LogP contribution in [0.2, 0.25) is 0 Å². The number of methoxy groups -OCH3 is 1. The number of ketones is 1. The number of allylic oxidation sites excluding steroid dienone is 2. The summed E-state index contributed by atoms with van der Waals surface area (Å²) in [5.41, 5.74) is 4.08. The lowest BCUT2D eigenvalue weighted by Crippen LogP contribution is -2.65. The van der Waals surface area contributed by atoms with E-state index in [9.17, 15) is 19.5 Å². The second-order valence-corrected chi connectivity index (χ2v) is 13.6. The zero-order chi connectivity index (χ0) is 26.1. The molecule has 0 unspecified atom stereocenters. The number of fused-ring (bicyclic) bond motifs is 7. The van der Waals surface area contributed by atoms with E-state index in [1.807, 2.05) is 13.8 Å². The molecule has 0 bridgehead atoms. The third-order valence-corrected chi connectivity index (χ3v) is 12.8. The van der Waals surface area contributed by atoms with E-state index in [-0.39, 0.29) is 34.7 Å². The first-order valence-electron chi connectivity index (χ1n) is 13.8. The molecule has 0 aromatic rings. The topological polar surface area (TPSA) is 89.9 Å². The molecule has 194 valence electrons. The first-order chi connectivity index (χ1) is 17.4. The van der Waals surface area contributed by atoms with E-state index in [4.69, 9.17) is 9.47 Å². The van der Waals surface area contributed by atoms with Crippen molar-refractivity contribution in [1.82, 2.24) is 0 Å². The molecular weight excluding hydrogens is 468 g/mol. The van der Waals surface area contributed by atoms with Gasteiger partial charge in [-0.3, -0.25) is 4.79 Å². The number of ether oxygens (including phenoxy) is 2. The summed E-state index contributed by atoms with van der Waals surface area (Å²) in [5, 5.41) is 11.6. The van der Waals surface area contributed by atoms with Gasteiger partial charge in [0, 0.05) is 28.1 Å². The number of aliphatic hydroxyl groups excluding tert-OH is 1. The molecule has 37 heavy (non-hydrogen) atoms. The van der Waals surface area contributed by atoms with Crippen molar-refractivity contribution in [2.75, 3.05) is 7.11 Å². The first-order valence-corrected chi connectivity index (χ1v) is 13.8. The van der Waals surface area contributed by atoms with Gasteiger partial charge in [-0.2, -0.15) is 0 Å². The van der Waals surface area contributed by atoms with E-state index in [1.165, 1.54) is 18.3 Å². The lowest BCUT2D eigenvalue weighted by molar-refractivity contribution is -0.175. The Bertz CT molecular complexity index is 1390. The molecule has 0 saturated heterocycles. The highest BCUT2D eigenvalue weighted by Crippen LogP contribution is 2.82. The monoisotopic (exact) mass is 502 g/mol. The van der Waals surface area contributed by atoms with E-state index >= 15 is 0 Å². The lowest BCUT2D eigenvalue weighted by Gasteiger charge is -2.62. The third-order valence-electron chi connectivity index (χ3n) is 12.8. The summed E-state index contributed by atoms with van der Waals surface area (Å²) < 4.78 is 11.7. The number of hydrogen-bond acceptors (Lipinski definition) is 6. The van der Waals surface area contributed by atoms with Crippen LogP contribution in [0.15, 0.2) is 45.6 Å². The molecule has 0 aromatic carbocycles. The van der Waals surface area contributed by atoms with Gasteiger partial charge >= 0.3 is 11.9 Å². The number of aliphatic hydroxyl groups is 1. The number of carbonyl (C=O) groups excluding carboxylic acids is 3. The van der Waals surface area contributed by atoms with Gasteiger partial charge < -0.3 is 14.6 Å². The Balaban J connectivity index is 1.47. The highest BCUT2D eigenvalue weighted by molar-refractivity contribution is 6.09. The maximum absolute atomic E-state index is 14.1. The minimum absolute atomic E-state index is 0.000222. The Morgan fingerprint density at radius 3 is 2.54 bits per heavy atom. The zero-order valence-corrected chi connectivity index (χ0v) is 22.1. The van der Waals surface area contributed by atoms with Gasteiger partial charge in [-0.05, 0) is 85.7 Å². The van der Waals surface area contributed by atoms with Crippen LogP contribution >= 0.6 is 0 Å². The summed E-state index contributed by atoms with van der Waals surface area (Å²) in [4.78, 5) is 40.5. The summed E-state index contributed by atoms with van der Waals surface area (Å²) >= 11 is 0. The summed E-state index contributed by atoms with van der Waals surface area (Å²) in [6.45, 7) is 12.4. The number of rotatable bonds is 1. The summed E-state index contributed by atoms with van der Waals surface area (Å²) in [6.07, 6.45) is 2.43. The van der Waals surface area contributed by atoms with Gasteiger partial charge in [0.1, 0.15) is 11.7 Å². The minimum atomic E-state index is -1.22. The van der Waals surface area contributed by atoms with E-state index in [0.717, 1.165) is 30.4 Å². The average Bonchev–Trinajstić information content (AvgIpc) is 3.77. The highest BCUT2D eigenvalue weighted by Gasteiger charge is 2.80. The van der Waals surface area contributed by atoms with Gasteiger partial charge in [0.05, 0.1) is 13.0 Å². The van der Waals surface area contributed by atoms with Gasteiger partial charge in [-0.25, -0.2) is 9.59 Å². The fourth-order valence-corrected chi connectivity index (χ4v) is 11.0. The highest BCUT2D eigenvalue weighted by atomic mass is 16.6. The van der Waals surface area contributed by atoms with Crippen LogP contribution in [0.5, 0.6) is 0 Å². The van der Waals surface area contributed by atoms with Crippen LogP contribution < -0.4 is 0 Å². The van der Waals surface area contributed by atoms with Gasteiger partial charge in [-0.15, -0.1) is 0 Å². The maximum Gasteiger partial charge on any atom is 0.334 e. The van der Waals surface area contributed by atoms with E-state index in [1.54, 1.807) is 6.92 Å². The third kappa shape index (κ3) is 2.08. The predicted molar refractivity (Wildman–Crippen MR) is 133 cm³/mol. The molecule has 1 spiro atoms. The SMILES string of the molecule is C=C1[C@@H]2C[C@@H]2[C@]2(C)[C@@H]3CC4=C5[C@H](/C(=C(\C)C(=O)OC)C(=O)[C@H](O)[C@@]5(C)[C@@H]5C[C@H]45)[C@@]34OC(=O)C(C)=C4C[C@@H]12. The van der Waals surface area contributed by atoms with Gasteiger partial charge in [0.2, 0.25) is 0 Å². The summed E-state index contributed by atoms with van der Waals surface area (Å²) in [7, 11) is 1.31. The molecule has 11 atom stereocenters. The number of carbonyl (C=O) groups is 3. The zero-order valence-electron chi connectivity index (χ0n) is 22.1. The molecule has 1 aliphatic heterocycles. The van der Waals surface area contributed by atoms with Crippen molar-refractivity contribution in [3.63, 3.8) is 0 Å². The lowest BCUT2D eigenvalue weighted by atomic mass is 9.42. The number of esters is 2. The van der Waals surface area contributed by atoms with Crippen LogP contribution in [0.4, 0.5) is 0 Å². The van der Waals surface area contributed by atoms with Crippen molar-refractivity contribution >= 4 is 17.7 Å². The number of hydrogen-bond donors (Lipinski definition) is 1. The van der Waals surface area contributed by atoms with Crippen molar-refractivity contribution in [2.45, 2.75) is 65.1 Å². The predicted octanol–water partition coefficient (Wildman–Crippen LogP) is 3.85. The van der Waals surface area contributed by atoms with Crippen LogP contribution in [0, 0.1) is 52.3 Å². The van der Waals surface area contributed by atoms with Crippen molar-refractivity contribution in [3.8, 4) is 0 Å². The largest absolute Gasteiger partial charge is 0.466 e. The minimum Gasteiger partial charge on any atom is -0.466 e.